The highest BCUT2D eigenvalue weighted by molar-refractivity contribution is 5.70. The van der Waals surface area contributed by atoms with Crippen LogP contribution in [0.3, 0.4) is 0 Å². The van der Waals surface area contributed by atoms with Crippen molar-refractivity contribution < 1.29 is 17.6 Å². The lowest BCUT2D eigenvalue weighted by molar-refractivity contribution is -0.140. The lowest BCUT2D eigenvalue weighted by Crippen LogP contribution is -2.04. The van der Waals surface area contributed by atoms with Gasteiger partial charge in [-0.3, -0.25) is 0 Å². The fourth-order valence-electron chi connectivity index (χ4n) is 1.79. The second kappa shape index (κ2) is 3.84. The van der Waals surface area contributed by atoms with E-state index in [1.165, 1.54) is 16.8 Å². The Morgan fingerprint density at radius 2 is 2.05 bits per heavy atom. The minimum absolute atomic E-state index is 0.115. The average molecular weight is 267 g/mol. The standard InChI is InChI=1S/C12H8F3N3O/c1-7-2-3-8(19-7)10-11-17-9(12(13,14)15)6-18(11)5-4-16-10/h2-6H,1H3. The van der Waals surface area contributed by atoms with Crippen LogP contribution in [-0.4, -0.2) is 14.4 Å². The first-order chi connectivity index (χ1) is 8.95. The van der Waals surface area contributed by atoms with Crippen LogP contribution in [0.1, 0.15) is 11.5 Å². The number of alkyl halides is 3. The molecule has 0 aromatic carbocycles. The first-order valence-corrected chi connectivity index (χ1v) is 5.43. The smallest absolute Gasteiger partial charge is 0.434 e. The Morgan fingerprint density at radius 1 is 1.26 bits per heavy atom. The van der Waals surface area contributed by atoms with Crippen molar-refractivity contribution in [3.8, 4) is 11.5 Å². The van der Waals surface area contributed by atoms with E-state index in [-0.39, 0.29) is 11.3 Å². The molecule has 98 valence electrons. The van der Waals surface area contributed by atoms with Gasteiger partial charge in [-0.1, -0.05) is 0 Å². The van der Waals surface area contributed by atoms with Crippen molar-refractivity contribution in [1.82, 2.24) is 14.4 Å². The molecule has 0 atom stereocenters. The Morgan fingerprint density at radius 3 is 2.68 bits per heavy atom. The van der Waals surface area contributed by atoms with Gasteiger partial charge in [0.25, 0.3) is 0 Å². The van der Waals surface area contributed by atoms with Gasteiger partial charge in [0, 0.05) is 18.6 Å². The SMILES string of the molecule is Cc1ccc(-c2nccn3cc(C(F)(F)F)nc23)o1. The van der Waals surface area contributed by atoms with Crippen LogP contribution in [-0.2, 0) is 6.18 Å². The lowest BCUT2D eigenvalue weighted by atomic mass is 10.3. The van der Waals surface area contributed by atoms with Crippen molar-refractivity contribution >= 4 is 5.65 Å². The maximum atomic E-state index is 12.6. The first kappa shape index (κ1) is 11.8. The Kier molecular flexibility index (Phi) is 2.38. The first-order valence-electron chi connectivity index (χ1n) is 5.43. The Labute approximate surface area is 105 Å². The molecule has 0 aliphatic carbocycles. The summed E-state index contributed by atoms with van der Waals surface area (Å²) in [7, 11) is 0. The van der Waals surface area contributed by atoms with Gasteiger partial charge in [0.05, 0.1) is 0 Å². The molecule has 4 nitrogen and oxygen atoms in total. The summed E-state index contributed by atoms with van der Waals surface area (Å²) in [6.45, 7) is 1.75. The summed E-state index contributed by atoms with van der Waals surface area (Å²) in [6, 6.07) is 3.37. The zero-order valence-corrected chi connectivity index (χ0v) is 9.77. The summed E-state index contributed by atoms with van der Waals surface area (Å²) >= 11 is 0. The number of rotatable bonds is 1. The zero-order valence-electron chi connectivity index (χ0n) is 9.77. The molecule has 0 unspecified atom stereocenters. The number of aryl methyl sites for hydroxylation is 1. The molecule has 3 rings (SSSR count). The quantitative estimate of drug-likeness (QED) is 0.679. The third-order valence-electron chi connectivity index (χ3n) is 2.64. The van der Waals surface area contributed by atoms with Crippen molar-refractivity contribution in [2.45, 2.75) is 13.1 Å². The molecule has 0 N–H and O–H groups in total. The maximum absolute atomic E-state index is 12.6. The number of halogens is 3. The molecule has 0 aliphatic rings. The van der Waals surface area contributed by atoms with Crippen LogP contribution in [0, 0.1) is 6.92 Å². The van der Waals surface area contributed by atoms with E-state index in [2.05, 4.69) is 9.97 Å². The van der Waals surface area contributed by atoms with Crippen LogP contribution >= 0.6 is 0 Å². The summed E-state index contributed by atoms with van der Waals surface area (Å²) in [5.41, 5.74) is -0.555. The van der Waals surface area contributed by atoms with Crippen LogP contribution in [0.15, 0.2) is 35.1 Å². The topological polar surface area (TPSA) is 43.3 Å². The van der Waals surface area contributed by atoms with E-state index in [9.17, 15) is 13.2 Å². The zero-order chi connectivity index (χ0) is 13.6. The van der Waals surface area contributed by atoms with Gasteiger partial charge < -0.3 is 8.82 Å². The van der Waals surface area contributed by atoms with Crippen molar-refractivity contribution in [3.63, 3.8) is 0 Å². The van der Waals surface area contributed by atoms with Crippen LogP contribution < -0.4 is 0 Å². The van der Waals surface area contributed by atoms with Crippen LogP contribution in [0.4, 0.5) is 13.2 Å². The van der Waals surface area contributed by atoms with Gasteiger partial charge >= 0.3 is 6.18 Å². The molecule has 0 bridgehead atoms. The predicted octanol–water partition coefficient (Wildman–Crippen LogP) is 3.32. The molecule has 0 aliphatic heterocycles. The number of hydrogen-bond acceptors (Lipinski definition) is 3. The molecule has 3 heterocycles. The third kappa shape index (κ3) is 1.96. The molecule has 0 radical (unpaired) electrons. The largest absolute Gasteiger partial charge is 0.460 e. The van der Waals surface area contributed by atoms with Gasteiger partial charge in [-0.05, 0) is 19.1 Å². The summed E-state index contributed by atoms with van der Waals surface area (Å²) in [5.74, 6) is 1.05. The number of aromatic nitrogens is 3. The molecule has 3 aromatic heterocycles. The second-order valence-electron chi connectivity index (χ2n) is 4.04. The van der Waals surface area contributed by atoms with Gasteiger partial charge in [-0.15, -0.1) is 0 Å². The molecule has 7 heteroatoms. The Bertz CT molecular complexity index is 742. The third-order valence-corrected chi connectivity index (χ3v) is 2.64. The Balaban J connectivity index is 2.23. The van der Waals surface area contributed by atoms with Gasteiger partial charge in [0.15, 0.2) is 17.1 Å². The van der Waals surface area contributed by atoms with Crippen LogP contribution in [0.25, 0.3) is 17.1 Å². The van der Waals surface area contributed by atoms with E-state index in [0.717, 1.165) is 6.20 Å². The molecule has 0 amide bonds. The average Bonchev–Trinajstić information content (AvgIpc) is 2.93. The maximum Gasteiger partial charge on any atom is 0.434 e. The van der Waals surface area contributed by atoms with Crippen LogP contribution in [0.5, 0.6) is 0 Å². The van der Waals surface area contributed by atoms with E-state index in [0.29, 0.717) is 11.5 Å². The van der Waals surface area contributed by atoms with E-state index in [4.69, 9.17) is 4.42 Å². The molecule has 0 fully saturated rings. The minimum atomic E-state index is -4.48. The number of imidazole rings is 1. The molecule has 0 saturated carbocycles. The van der Waals surface area contributed by atoms with Crippen molar-refractivity contribution in [2.75, 3.05) is 0 Å². The molecular formula is C12H8F3N3O. The van der Waals surface area contributed by atoms with Crippen molar-refractivity contribution in [3.05, 3.63) is 42.2 Å². The number of nitrogens with zero attached hydrogens (tertiary/aromatic N) is 3. The fourth-order valence-corrected chi connectivity index (χ4v) is 1.79. The summed E-state index contributed by atoms with van der Waals surface area (Å²) in [5, 5.41) is 0. The fraction of sp³-hybridized carbons (Fsp3) is 0.167. The summed E-state index contributed by atoms with van der Waals surface area (Å²) < 4.78 is 44.6. The molecular weight excluding hydrogens is 259 g/mol. The highest BCUT2D eigenvalue weighted by Crippen LogP contribution is 2.30. The van der Waals surface area contributed by atoms with Gasteiger partial charge in [-0.2, -0.15) is 13.2 Å². The minimum Gasteiger partial charge on any atom is -0.460 e. The number of hydrogen-bond donors (Lipinski definition) is 0. The summed E-state index contributed by atoms with van der Waals surface area (Å²) in [6.07, 6.45) is -0.739. The molecule has 0 saturated heterocycles. The van der Waals surface area contributed by atoms with Gasteiger partial charge in [-0.25, -0.2) is 9.97 Å². The molecule has 3 aromatic rings. The lowest BCUT2D eigenvalue weighted by Gasteiger charge is -1.99. The number of furan rings is 1. The monoisotopic (exact) mass is 267 g/mol. The highest BCUT2D eigenvalue weighted by atomic mass is 19.4. The van der Waals surface area contributed by atoms with Crippen molar-refractivity contribution in [2.24, 2.45) is 0 Å². The number of fused-ring (bicyclic) bond motifs is 1. The van der Waals surface area contributed by atoms with Gasteiger partial charge in [0.1, 0.15) is 11.5 Å². The molecule has 19 heavy (non-hydrogen) atoms. The summed E-state index contributed by atoms with van der Waals surface area (Å²) in [4.78, 5) is 7.63. The Hall–Kier alpha value is -2.31. The van der Waals surface area contributed by atoms with E-state index in [1.54, 1.807) is 19.1 Å². The molecule has 0 spiro atoms. The van der Waals surface area contributed by atoms with Crippen molar-refractivity contribution in [1.29, 1.82) is 0 Å². The van der Waals surface area contributed by atoms with E-state index >= 15 is 0 Å². The predicted molar refractivity (Wildman–Crippen MR) is 60.4 cm³/mol. The van der Waals surface area contributed by atoms with Crippen LogP contribution in [0.2, 0.25) is 0 Å². The van der Waals surface area contributed by atoms with E-state index in [1.807, 2.05) is 0 Å². The normalized spacial score (nSPS) is 12.2. The van der Waals surface area contributed by atoms with E-state index < -0.39 is 11.9 Å². The second-order valence-corrected chi connectivity index (χ2v) is 4.04. The van der Waals surface area contributed by atoms with Gasteiger partial charge in [0.2, 0.25) is 0 Å². The highest BCUT2D eigenvalue weighted by Gasteiger charge is 2.34.